The van der Waals surface area contributed by atoms with Gasteiger partial charge in [-0.05, 0) is 32.2 Å². The first kappa shape index (κ1) is 22.6. The molecule has 0 bridgehead atoms. The van der Waals surface area contributed by atoms with Crippen molar-refractivity contribution in [1.82, 2.24) is 14.8 Å². The normalized spacial score (nSPS) is 24.9. The summed E-state index contributed by atoms with van der Waals surface area (Å²) in [4.78, 5) is 30.7. The number of hydrogen-bond donors (Lipinski definition) is 1. The van der Waals surface area contributed by atoms with Crippen LogP contribution in [0.15, 0.2) is 5.51 Å². The van der Waals surface area contributed by atoms with Crippen molar-refractivity contribution >= 4 is 23.2 Å². The summed E-state index contributed by atoms with van der Waals surface area (Å²) in [5.74, 6) is -2.11. The second-order valence-corrected chi connectivity index (χ2v) is 8.02. The van der Waals surface area contributed by atoms with Crippen LogP contribution >= 0.6 is 11.3 Å². The number of aromatic nitrogens is 1. The summed E-state index contributed by atoms with van der Waals surface area (Å²) in [5.41, 5.74) is 3.05. The van der Waals surface area contributed by atoms with E-state index in [0.717, 1.165) is 38.2 Å². The zero-order valence-corrected chi connectivity index (χ0v) is 16.7. The molecule has 0 saturated carbocycles. The second kappa shape index (κ2) is 9.19. The molecule has 0 unspecified atom stereocenters. The zero-order valence-electron chi connectivity index (χ0n) is 15.9. The number of likely N-dealkylation sites (tertiary alicyclic amines) is 1. The lowest BCUT2D eigenvalue weighted by Crippen LogP contribution is -2.42. The standard InChI is InChI=1S/C15H23N3O2S.C2HF3O2/c1-10-14(21-9-16-10)8-18-5-4-11-6-12(15(19)17(2)3)20-13(11)7-18;3-2(4,5)1(6)7/h9,11-13H,4-8H2,1-3H3;(H,6,7)/t11-,12-,13-;/m0./s1. The Kier molecular flexibility index (Phi) is 7.40. The van der Waals surface area contributed by atoms with Crippen LogP contribution in [0.25, 0.3) is 0 Å². The Hall–Kier alpha value is -1.72. The highest BCUT2D eigenvalue weighted by atomic mass is 32.1. The van der Waals surface area contributed by atoms with Gasteiger partial charge >= 0.3 is 12.1 Å². The number of rotatable bonds is 3. The third-order valence-electron chi connectivity index (χ3n) is 4.81. The number of halogens is 3. The van der Waals surface area contributed by atoms with Gasteiger partial charge in [0.2, 0.25) is 0 Å². The van der Waals surface area contributed by atoms with Crippen LogP contribution < -0.4 is 0 Å². The molecule has 0 spiro atoms. The van der Waals surface area contributed by atoms with E-state index in [-0.39, 0.29) is 18.1 Å². The quantitative estimate of drug-likeness (QED) is 0.802. The number of nitrogens with zero attached hydrogens (tertiary/aromatic N) is 3. The molecule has 0 radical (unpaired) electrons. The molecule has 11 heteroatoms. The highest BCUT2D eigenvalue weighted by Gasteiger charge is 2.42. The number of fused-ring (bicyclic) bond motifs is 1. The Morgan fingerprint density at radius 3 is 2.57 bits per heavy atom. The molecule has 0 aliphatic carbocycles. The Labute approximate surface area is 165 Å². The molecule has 2 aliphatic heterocycles. The van der Waals surface area contributed by atoms with E-state index < -0.39 is 12.1 Å². The van der Waals surface area contributed by atoms with Crippen LogP contribution in [0.2, 0.25) is 0 Å². The Bertz CT molecular complexity index is 695. The molecule has 2 fully saturated rings. The number of hydrogen-bond acceptors (Lipinski definition) is 6. The van der Waals surface area contributed by atoms with E-state index in [2.05, 4.69) is 16.8 Å². The molecule has 7 nitrogen and oxygen atoms in total. The van der Waals surface area contributed by atoms with Crippen LogP contribution in [-0.4, -0.2) is 77.3 Å². The number of carbonyl (C=O) groups excluding carboxylic acids is 1. The fraction of sp³-hybridized carbons (Fsp3) is 0.706. The first-order chi connectivity index (χ1) is 13.0. The maximum Gasteiger partial charge on any atom is 0.490 e. The van der Waals surface area contributed by atoms with Crippen molar-refractivity contribution in [1.29, 1.82) is 0 Å². The van der Waals surface area contributed by atoms with Gasteiger partial charge in [-0.15, -0.1) is 11.3 Å². The summed E-state index contributed by atoms with van der Waals surface area (Å²) in [6.45, 7) is 5.04. The van der Waals surface area contributed by atoms with E-state index in [9.17, 15) is 18.0 Å². The van der Waals surface area contributed by atoms with Gasteiger partial charge in [-0.1, -0.05) is 0 Å². The summed E-state index contributed by atoms with van der Waals surface area (Å²) in [5, 5.41) is 7.12. The Morgan fingerprint density at radius 1 is 1.43 bits per heavy atom. The van der Waals surface area contributed by atoms with Crippen LogP contribution in [0, 0.1) is 12.8 Å². The number of piperidine rings is 1. The zero-order chi connectivity index (χ0) is 21.1. The minimum absolute atomic E-state index is 0.106. The van der Waals surface area contributed by atoms with Crippen LogP contribution in [-0.2, 0) is 20.9 Å². The highest BCUT2D eigenvalue weighted by Crippen LogP contribution is 2.34. The number of amides is 1. The van der Waals surface area contributed by atoms with Gasteiger partial charge in [0.05, 0.1) is 17.3 Å². The van der Waals surface area contributed by atoms with Crippen LogP contribution in [0.4, 0.5) is 13.2 Å². The van der Waals surface area contributed by atoms with Gasteiger partial charge in [0.1, 0.15) is 6.10 Å². The number of ether oxygens (including phenoxy) is 1. The fourth-order valence-electron chi connectivity index (χ4n) is 3.27. The van der Waals surface area contributed by atoms with Gasteiger partial charge in [-0.25, -0.2) is 9.78 Å². The average molecular weight is 423 g/mol. The predicted molar refractivity (Wildman–Crippen MR) is 95.9 cm³/mol. The molecule has 0 aromatic carbocycles. The topological polar surface area (TPSA) is 83.0 Å². The first-order valence-electron chi connectivity index (χ1n) is 8.77. The molecule has 2 saturated heterocycles. The van der Waals surface area contributed by atoms with Gasteiger partial charge in [-0.2, -0.15) is 13.2 Å². The number of carboxylic acids is 1. The number of alkyl halides is 3. The number of aliphatic carboxylic acids is 1. The van der Waals surface area contributed by atoms with E-state index in [0.29, 0.717) is 5.92 Å². The molecular weight excluding hydrogens is 399 g/mol. The summed E-state index contributed by atoms with van der Waals surface area (Å²) < 4.78 is 37.8. The van der Waals surface area contributed by atoms with Crippen molar-refractivity contribution in [2.75, 3.05) is 27.2 Å². The molecule has 1 N–H and O–H groups in total. The number of carbonyl (C=O) groups is 2. The number of carboxylic acid groups (broad SMARTS) is 1. The first-order valence-corrected chi connectivity index (χ1v) is 9.65. The molecular formula is C17H24F3N3O4S. The van der Waals surface area contributed by atoms with Gasteiger partial charge in [0, 0.05) is 32.1 Å². The van der Waals surface area contributed by atoms with E-state index >= 15 is 0 Å². The molecule has 3 atom stereocenters. The fourth-order valence-corrected chi connectivity index (χ4v) is 4.08. The molecule has 3 heterocycles. The van der Waals surface area contributed by atoms with Gasteiger partial charge in [0.25, 0.3) is 5.91 Å². The third kappa shape index (κ3) is 5.89. The van der Waals surface area contributed by atoms with Gasteiger partial charge < -0.3 is 14.7 Å². The predicted octanol–water partition coefficient (Wildman–Crippen LogP) is 2.15. The summed E-state index contributed by atoms with van der Waals surface area (Å²) in [6, 6.07) is 0. The SMILES string of the molecule is Cc1ncsc1CN1CC[C@H]2C[C@@H](C(=O)N(C)C)O[C@H]2C1.O=C(O)C(F)(F)F. The molecule has 1 amide bonds. The molecule has 2 aliphatic rings. The minimum Gasteiger partial charge on any atom is -0.475 e. The van der Waals surface area contributed by atoms with Crippen LogP contribution in [0.1, 0.15) is 23.4 Å². The van der Waals surface area contributed by atoms with E-state index in [4.69, 9.17) is 14.6 Å². The Morgan fingerprint density at radius 2 is 2.07 bits per heavy atom. The Balaban J connectivity index is 0.000000345. The lowest BCUT2D eigenvalue weighted by molar-refractivity contribution is -0.192. The van der Waals surface area contributed by atoms with Crippen molar-refractivity contribution in [3.05, 3.63) is 16.1 Å². The van der Waals surface area contributed by atoms with E-state index in [1.54, 1.807) is 30.3 Å². The number of likely N-dealkylation sites (N-methyl/N-ethyl adjacent to an activating group) is 1. The van der Waals surface area contributed by atoms with Crippen molar-refractivity contribution in [3.63, 3.8) is 0 Å². The van der Waals surface area contributed by atoms with Crippen molar-refractivity contribution < 1.29 is 32.6 Å². The lowest BCUT2D eigenvalue weighted by Gasteiger charge is -2.33. The summed E-state index contributed by atoms with van der Waals surface area (Å²) >= 11 is 1.72. The molecule has 1 aromatic rings. The smallest absolute Gasteiger partial charge is 0.475 e. The van der Waals surface area contributed by atoms with E-state index in [1.807, 2.05) is 5.51 Å². The molecule has 28 heavy (non-hydrogen) atoms. The van der Waals surface area contributed by atoms with E-state index in [1.165, 1.54) is 4.88 Å². The molecule has 3 rings (SSSR count). The van der Waals surface area contributed by atoms with Crippen LogP contribution in [0.5, 0.6) is 0 Å². The lowest BCUT2D eigenvalue weighted by atomic mass is 9.91. The minimum atomic E-state index is -5.08. The maximum absolute atomic E-state index is 12.1. The maximum atomic E-state index is 12.1. The van der Waals surface area contributed by atoms with Gasteiger partial charge in [0.15, 0.2) is 0 Å². The summed E-state index contributed by atoms with van der Waals surface area (Å²) in [7, 11) is 3.60. The second-order valence-electron chi connectivity index (χ2n) is 7.08. The molecule has 1 aromatic heterocycles. The van der Waals surface area contributed by atoms with Crippen molar-refractivity contribution in [2.24, 2.45) is 5.92 Å². The number of aryl methyl sites for hydroxylation is 1. The monoisotopic (exact) mass is 423 g/mol. The van der Waals surface area contributed by atoms with Crippen LogP contribution in [0.3, 0.4) is 0 Å². The largest absolute Gasteiger partial charge is 0.490 e. The average Bonchev–Trinajstić information content (AvgIpc) is 3.20. The number of thiazole rings is 1. The summed E-state index contributed by atoms with van der Waals surface area (Å²) in [6.07, 6.45) is -3.10. The third-order valence-corrected chi connectivity index (χ3v) is 5.73. The van der Waals surface area contributed by atoms with Crippen molar-refractivity contribution in [2.45, 2.75) is 44.7 Å². The van der Waals surface area contributed by atoms with Crippen molar-refractivity contribution in [3.8, 4) is 0 Å². The highest BCUT2D eigenvalue weighted by molar-refractivity contribution is 7.09. The van der Waals surface area contributed by atoms with Gasteiger partial charge in [-0.3, -0.25) is 9.69 Å². The molecule has 158 valence electrons.